The van der Waals surface area contributed by atoms with Gasteiger partial charge in [0.1, 0.15) is 6.04 Å². The normalized spacial score (nSPS) is 20.2. The van der Waals surface area contributed by atoms with Crippen LogP contribution in [0.2, 0.25) is 0 Å². The first kappa shape index (κ1) is 24.0. The van der Waals surface area contributed by atoms with Gasteiger partial charge >= 0.3 is 0 Å². The number of carbonyl (C=O) groups is 2. The lowest BCUT2D eigenvalue weighted by molar-refractivity contribution is -0.138. The number of ether oxygens (including phenoxy) is 2. The van der Waals surface area contributed by atoms with Crippen LogP contribution in [-0.2, 0) is 22.6 Å². The summed E-state index contributed by atoms with van der Waals surface area (Å²) in [5.74, 6) is 1.21. The van der Waals surface area contributed by atoms with Crippen molar-refractivity contribution in [1.29, 1.82) is 0 Å². The molecule has 1 fully saturated rings. The standard InChI is InChI=1S/C30H29N3O5/c34-28(12-10-21-9-11-26-27(15-21)38-19-37-26)31-24(14-20-5-2-1-3-6-20)30(36)32-16-22-13-23(18-32)25-7-4-8-29(35)33(25)17-22/h1-12,15,22-24H,13-14,16-19H2,(H,31,34). The second-order valence-corrected chi connectivity index (χ2v) is 10.1. The lowest BCUT2D eigenvalue weighted by Crippen LogP contribution is -2.55. The van der Waals surface area contributed by atoms with Gasteiger partial charge in [-0.25, -0.2) is 0 Å². The highest BCUT2D eigenvalue weighted by atomic mass is 16.7. The third kappa shape index (κ3) is 4.94. The molecule has 8 heteroatoms. The summed E-state index contributed by atoms with van der Waals surface area (Å²) >= 11 is 0. The van der Waals surface area contributed by atoms with Crippen molar-refractivity contribution in [1.82, 2.24) is 14.8 Å². The average Bonchev–Trinajstić information content (AvgIpc) is 3.40. The highest BCUT2D eigenvalue weighted by molar-refractivity contribution is 5.95. The number of carbonyl (C=O) groups excluding carboxylic acids is 2. The number of piperidine rings is 1. The summed E-state index contributed by atoms with van der Waals surface area (Å²) in [6, 6.07) is 19.8. The van der Waals surface area contributed by atoms with E-state index in [1.165, 1.54) is 6.08 Å². The molecule has 1 N–H and O–H groups in total. The van der Waals surface area contributed by atoms with Gasteiger partial charge in [-0.15, -0.1) is 0 Å². The molecule has 0 aliphatic carbocycles. The number of benzene rings is 2. The quantitative estimate of drug-likeness (QED) is 0.514. The smallest absolute Gasteiger partial charge is 0.250 e. The maximum absolute atomic E-state index is 13.8. The zero-order valence-corrected chi connectivity index (χ0v) is 20.9. The van der Waals surface area contributed by atoms with Gasteiger partial charge in [-0.2, -0.15) is 0 Å². The summed E-state index contributed by atoms with van der Waals surface area (Å²) in [6.45, 7) is 1.91. The van der Waals surface area contributed by atoms with Gasteiger partial charge < -0.3 is 24.3 Å². The summed E-state index contributed by atoms with van der Waals surface area (Å²) in [7, 11) is 0. The monoisotopic (exact) mass is 511 g/mol. The Bertz CT molecular complexity index is 1450. The molecule has 3 atom stereocenters. The predicted octanol–water partition coefficient (Wildman–Crippen LogP) is 2.96. The molecule has 0 radical (unpaired) electrons. The van der Waals surface area contributed by atoms with E-state index in [4.69, 9.17) is 9.47 Å². The van der Waals surface area contributed by atoms with E-state index in [9.17, 15) is 14.4 Å². The number of amides is 2. The van der Waals surface area contributed by atoms with E-state index in [0.717, 1.165) is 23.2 Å². The Labute approximate surface area is 220 Å². The number of rotatable bonds is 6. The molecule has 3 aliphatic rings. The van der Waals surface area contributed by atoms with Crippen LogP contribution in [0.5, 0.6) is 11.5 Å². The molecular formula is C30H29N3O5. The Morgan fingerprint density at radius 2 is 1.82 bits per heavy atom. The van der Waals surface area contributed by atoms with Gasteiger partial charge in [0.25, 0.3) is 5.56 Å². The second kappa shape index (κ2) is 10.2. The highest BCUT2D eigenvalue weighted by Gasteiger charge is 2.38. The number of fused-ring (bicyclic) bond motifs is 5. The molecule has 1 saturated heterocycles. The van der Waals surface area contributed by atoms with Crippen molar-refractivity contribution in [3.05, 3.63) is 100.0 Å². The topological polar surface area (TPSA) is 89.9 Å². The maximum atomic E-state index is 13.8. The van der Waals surface area contributed by atoms with Gasteiger partial charge in [0, 0.05) is 49.8 Å². The van der Waals surface area contributed by atoms with Gasteiger partial charge in [0.15, 0.2) is 11.5 Å². The fourth-order valence-electron chi connectivity index (χ4n) is 5.76. The largest absolute Gasteiger partial charge is 0.454 e. The lowest BCUT2D eigenvalue weighted by atomic mass is 9.83. The first-order chi connectivity index (χ1) is 18.5. The Kier molecular flexibility index (Phi) is 6.45. The summed E-state index contributed by atoms with van der Waals surface area (Å²) in [5, 5.41) is 2.95. The molecule has 2 bridgehead atoms. The third-order valence-corrected chi connectivity index (χ3v) is 7.51. The molecule has 2 amide bonds. The van der Waals surface area contributed by atoms with E-state index in [2.05, 4.69) is 5.32 Å². The Morgan fingerprint density at radius 1 is 0.974 bits per heavy atom. The van der Waals surface area contributed by atoms with Crippen molar-refractivity contribution >= 4 is 17.9 Å². The molecule has 4 heterocycles. The number of likely N-dealkylation sites (tertiary alicyclic amines) is 1. The van der Waals surface area contributed by atoms with E-state index < -0.39 is 6.04 Å². The van der Waals surface area contributed by atoms with Crippen molar-refractivity contribution in [2.24, 2.45) is 5.92 Å². The van der Waals surface area contributed by atoms with Crippen LogP contribution < -0.4 is 20.3 Å². The fraction of sp³-hybridized carbons (Fsp3) is 0.300. The predicted molar refractivity (Wildman–Crippen MR) is 142 cm³/mol. The summed E-state index contributed by atoms with van der Waals surface area (Å²) in [6.07, 6.45) is 4.49. The van der Waals surface area contributed by atoms with Gasteiger partial charge in [-0.1, -0.05) is 42.5 Å². The van der Waals surface area contributed by atoms with Crippen LogP contribution in [-0.4, -0.2) is 47.2 Å². The van der Waals surface area contributed by atoms with E-state index >= 15 is 0 Å². The van der Waals surface area contributed by atoms with Crippen molar-refractivity contribution in [2.45, 2.75) is 31.3 Å². The number of nitrogens with zero attached hydrogens (tertiary/aromatic N) is 2. The molecule has 0 spiro atoms. The highest BCUT2D eigenvalue weighted by Crippen LogP contribution is 2.35. The van der Waals surface area contributed by atoms with Crippen molar-refractivity contribution in [3.63, 3.8) is 0 Å². The minimum Gasteiger partial charge on any atom is -0.454 e. The van der Waals surface area contributed by atoms with Gasteiger partial charge in [-0.3, -0.25) is 14.4 Å². The second-order valence-electron chi connectivity index (χ2n) is 10.1. The Balaban J connectivity index is 1.19. The van der Waals surface area contributed by atoms with Crippen LogP contribution in [0.15, 0.2) is 77.6 Å². The van der Waals surface area contributed by atoms with Crippen LogP contribution >= 0.6 is 0 Å². The number of hydrogen-bond acceptors (Lipinski definition) is 5. The van der Waals surface area contributed by atoms with Crippen LogP contribution in [0.3, 0.4) is 0 Å². The number of hydrogen-bond donors (Lipinski definition) is 1. The number of pyridine rings is 1. The molecule has 38 heavy (non-hydrogen) atoms. The van der Waals surface area contributed by atoms with E-state index in [-0.39, 0.29) is 36.0 Å². The van der Waals surface area contributed by atoms with Gasteiger partial charge in [0.05, 0.1) is 0 Å². The number of aromatic nitrogens is 1. The molecule has 8 nitrogen and oxygen atoms in total. The minimum absolute atomic E-state index is 0.0143. The molecule has 3 aromatic rings. The lowest BCUT2D eigenvalue weighted by Gasteiger charge is -2.43. The van der Waals surface area contributed by atoms with Crippen molar-refractivity contribution in [3.8, 4) is 11.5 Å². The average molecular weight is 512 g/mol. The zero-order chi connectivity index (χ0) is 26.1. The summed E-state index contributed by atoms with van der Waals surface area (Å²) < 4.78 is 12.6. The van der Waals surface area contributed by atoms with E-state index in [0.29, 0.717) is 37.6 Å². The molecule has 3 unspecified atom stereocenters. The van der Waals surface area contributed by atoms with Gasteiger partial charge in [-0.05, 0) is 47.7 Å². The van der Waals surface area contributed by atoms with Gasteiger partial charge in [0.2, 0.25) is 18.6 Å². The van der Waals surface area contributed by atoms with Crippen molar-refractivity contribution in [2.75, 3.05) is 19.9 Å². The van der Waals surface area contributed by atoms with E-state index in [1.54, 1.807) is 24.3 Å². The van der Waals surface area contributed by atoms with Crippen LogP contribution in [0.1, 0.15) is 29.2 Å². The molecule has 3 aliphatic heterocycles. The Hall–Kier alpha value is -4.33. The molecule has 194 valence electrons. The number of nitrogens with one attached hydrogen (secondary N) is 1. The first-order valence-electron chi connectivity index (χ1n) is 12.9. The minimum atomic E-state index is -0.705. The van der Waals surface area contributed by atoms with Crippen molar-refractivity contribution < 1.29 is 19.1 Å². The zero-order valence-electron chi connectivity index (χ0n) is 20.9. The molecule has 0 saturated carbocycles. The Morgan fingerprint density at radius 3 is 2.68 bits per heavy atom. The fourth-order valence-corrected chi connectivity index (χ4v) is 5.76. The SMILES string of the molecule is O=C(C=Cc1ccc2c(c1)OCO2)NC(Cc1ccccc1)C(=O)N1CC2CC(C1)c1cccc(=O)n1C2. The van der Waals surface area contributed by atoms with Crippen LogP contribution in [0, 0.1) is 5.92 Å². The first-order valence-corrected chi connectivity index (χ1v) is 12.9. The third-order valence-electron chi connectivity index (χ3n) is 7.51. The van der Waals surface area contributed by atoms with Crippen LogP contribution in [0.4, 0.5) is 0 Å². The molecular weight excluding hydrogens is 482 g/mol. The maximum Gasteiger partial charge on any atom is 0.250 e. The molecule has 6 rings (SSSR count). The summed E-state index contributed by atoms with van der Waals surface area (Å²) in [5.41, 5.74) is 2.77. The summed E-state index contributed by atoms with van der Waals surface area (Å²) in [4.78, 5) is 41.1. The molecule has 1 aromatic heterocycles. The molecule has 2 aromatic carbocycles. The van der Waals surface area contributed by atoms with Crippen LogP contribution in [0.25, 0.3) is 6.08 Å². The van der Waals surface area contributed by atoms with E-state index in [1.807, 2.05) is 58.0 Å².